The van der Waals surface area contributed by atoms with Gasteiger partial charge in [0.15, 0.2) is 5.69 Å². The van der Waals surface area contributed by atoms with E-state index >= 15 is 0 Å². The van der Waals surface area contributed by atoms with Crippen molar-refractivity contribution in [2.24, 2.45) is 11.8 Å². The first-order valence-electron chi connectivity index (χ1n) is 12.2. The lowest BCUT2D eigenvalue weighted by Gasteiger charge is -2.19. The summed E-state index contributed by atoms with van der Waals surface area (Å²) in [4.78, 5) is 37.0. The van der Waals surface area contributed by atoms with Crippen molar-refractivity contribution in [2.75, 3.05) is 27.9 Å². The molecule has 36 heavy (non-hydrogen) atoms. The Morgan fingerprint density at radius 2 is 1.78 bits per heavy atom. The fourth-order valence-electron chi connectivity index (χ4n) is 4.08. The number of nitrogens with zero attached hydrogens (tertiary/aromatic N) is 2. The summed E-state index contributed by atoms with van der Waals surface area (Å²) in [6.45, 7) is 4.51. The van der Waals surface area contributed by atoms with Gasteiger partial charge in [-0.3, -0.25) is 19.1 Å². The predicted octanol–water partition coefficient (Wildman–Crippen LogP) is 2.80. The summed E-state index contributed by atoms with van der Waals surface area (Å²) in [7, 11) is 4.44. The van der Waals surface area contributed by atoms with Gasteiger partial charge in [-0.15, -0.1) is 0 Å². The third-order valence-electron chi connectivity index (χ3n) is 6.01. The van der Waals surface area contributed by atoms with Crippen LogP contribution in [0.25, 0.3) is 11.3 Å². The molecule has 1 atom stereocenters. The Morgan fingerprint density at radius 3 is 2.33 bits per heavy atom. The molecule has 0 spiro atoms. The Labute approximate surface area is 211 Å². The molecule has 1 aliphatic rings. The van der Waals surface area contributed by atoms with Crippen LogP contribution in [-0.4, -0.2) is 61.5 Å². The summed E-state index contributed by atoms with van der Waals surface area (Å²) in [6, 6.07) is 6.85. The molecule has 0 saturated heterocycles. The molecule has 0 radical (unpaired) electrons. The van der Waals surface area contributed by atoms with Gasteiger partial charge in [0.25, 0.3) is 5.91 Å². The first-order chi connectivity index (χ1) is 17.2. The standard InChI is InChI=1S/C26H36N4O6/c1-16(2)11-18(12-23(31)27-14-24(32)36-5)28-26(33)19-13-20(30(29-19)15-17-9-10-17)25-21(34-3)7-6-8-22(25)35-4/h6-8,13,16-18H,9-12,14-15H2,1-5H3,(H,27,31)(H,28,33)/t18-/m0/s1. The quantitative estimate of drug-likeness (QED) is 0.406. The summed E-state index contributed by atoms with van der Waals surface area (Å²) in [6.07, 6.45) is 2.88. The van der Waals surface area contributed by atoms with Gasteiger partial charge in [-0.05, 0) is 49.3 Å². The highest BCUT2D eigenvalue weighted by atomic mass is 16.5. The zero-order valence-electron chi connectivity index (χ0n) is 21.6. The van der Waals surface area contributed by atoms with Crippen molar-refractivity contribution in [3.8, 4) is 22.8 Å². The van der Waals surface area contributed by atoms with E-state index in [-0.39, 0.29) is 36.4 Å². The topological polar surface area (TPSA) is 121 Å². The molecule has 2 amide bonds. The normalized spacial score (nSPS) is 13.7. The number of carbonyl (C=O) groups excluding carboxylic acids is 3. The van der Waals surface area contributed by atoms with Gasteiger partial charge in [0, 0.05) is 19.0 Å². The average Bonchev–Trinajstić information content (AvgIpc) is 3.57. The molecule has 1 aliphatic carbocycles. The van der Waals surface area contributed by atoms with E-state index in [0.29, 0.717) is 30.4 Å². The molecule has 196 valence electrons. The number of ether oxygens (including phenoxy) is 3. The van der Waals surface area contributed by atoms with Crippen molar-refractivity contribution in [3.63, 3.8) is 0 Å². The summed E-state index contributed by atoms with van der Waals surface area (Å²) in [5.74, 6) is 0.762. The number of aromatic nitrogens is 2. The average molecular weight is 501 g/mol. The van der Waals surface area contributed by atoms with E-state index in [1.807, 2.05) is 36.7 Å². The zero-order chi connectivity index (χ0) is 26.2. The van der Waals surface area contributed by atoms with E-state index < -0.39 is 12.0 Å². The maximum atomic E-state index is 13.3. The Morgan fingerprint density at radius 1 is 1.11 bits per heavy atom. The van der Waals surface area contributed by atoms with E-state index in [9.17, 15) is 14.4 Å². The van der Waals surface area contributed by atoms with Gasteiger partial charge in [-0.2, -0.15) is 5.10 Å². The minimum absolute atomic E-state index is 0.0386. The molecule has 0 aliphatic heterocycles. The molecular weight excluding hydrogens is 464 g/mol. The van der Waals surface area contributed by atoms with Crippen LogP contribution in [0.15, 0.2) is 24.3 Å². The second kappa shape index (κ2) is 12.4. The predicted molar refractivity (Wildman–Crippen MR) is 134 cm³/mol. The van der Waals surface area contributed by atoms with Gasteiger partial charge < -0.3 is 24.8 Å². The van der Waals surface area contributed by atoms with Crippen LogP contribution in [-0.2, 0) is 20.9 Å². The molecule has 0 bridgehead atoms. The minimum Gasteiger partial charge on any atom is -0.496 e. The zero-order valence-corrected chi connectivity index (χ0v) is 21.6. The van der Waals surface area contributed by atoms with Crippen LogP contribution in [0.1, 0.15) is 50.0 Å². The molecule has 1 aromatic heterocycles. The first kappa shape index (κ1) is 27.0. The van der Waals surface area contributed by atoms with E-state index in [1.54, 1.807) is 20.3 Å². The number of hydrogen-bond acceptors (Lipinski definition) is 7. The van der Waals surface area contributed by atoms with E-state index in [4.69, 9.17) is 9.47 Å². The van der Waals surface area contributed by atoms with Crippen LogP contribution in [0.3, 0.4) is 0 Å². The van der Waals surface area contributed by atoms with Crippen LogP contribution in [0, 0.1) is 11.8 Å². The maximum Gasteiger partial charge on any atom is 0.325 e. The van der Waals surface area contributed by atoms with Gasteiger partial charge in [0.2, 0.25) is 5.91 Å². The van der Waals surface area contributed by atoms with Crippen molar-refractivity contribution in [3.05, 3.63) is 30.0 Å². The summed E-state index contributed by atoms with van der Waals surface area (Å²) in [5, 5.41) is 10.1. The second-order valence-corrected chi connectivity index (χ2v) is 9.43. The van der Waals surface area contributed by atoms with Crippen molar-refractivity contribution >= 4 is 17.8 Å². The SMILES string of the molecule is COC(=O)CNC(=O)C[C@H](CC(C)C)NC(=O)c1cc(-c2c(OC)cccc2OC)n(CC2CC2)n1. The second-order valence-electron chi connectivity index (χ2n) is 9.43. The number of esters is 1. The molecule has 1 aromatic carbocycles. The molecule has 1 fully saturated rings. The van der Waals surface area contributed by atoms with Crippen molar-refractivity contribution < 1.29 is 28.6 Å². The van der Waals surface area contributed by atoms with E-state index in [1.165, 1.54) is 7.11 Å². The van der Waals surface area contributed by atoms with Crippen LogP contribution in [0.5, 0.6) is 11.5 Å². The van der Waals surface area contributed by atoms with E-state index in [0.717, 1.165) is 24.1 Å². The largest absolute Gasteiger partial charge is 0.496 e. The number of rotatable bonds is 13. The first-order valence-corrected chi connectivity index (χ1v) is 12.2. The number of nitrogens with one attached hydrogen (secondary N) is 2. The number of methoxy groups -OCH3 is 3. The van der Waals surface area contributed by atoms with Crippen molar-refractivity contribution in [2.45, 2.75) is 52.1 Å². The van der Waals surface area contributed by atoms with Gasteiger partial charge in [0.1, 0.15) is 18.0 Å². The summed E-state index contributed by atoms with van der Waals surface area (Å²) < 4.78 is 17.6. The Bertz CT molecular complexity index is 1050. The minimum atomic E-state index is -0.534. The summed E-state index contributed by atoms with van der Waals surface area (Å²) >= 11 is 0. The smallest absolute Gasteiger partial charge is 0.325 e. The van der Waals surface area contributed by atoms with Crippen LogP contribution >= 0.6 is 0 Å². The number of amides is 2. The third kappa shape index (κ3) is 7.22. The van der Waals surface area contributed by atoms with Gasteiger partial charge >= 0.3 is 5.97 Å². The molecule has 2 aromatic rings. The molecule has 0 unspecified atom stereocenters. The van der Waals surface area contributed by atoms with Crippen LogP contribution < -0.4 is 20.1 Å². The molecule has 1 saturated carbocycles. The van der Waals surface area contributed by atoms with Gasteiger partial charge in [-0.25, -0.2) is 0 Å². The number of carbonyl (C=O) groups is 3. The Hall–Kier alpha value is -3.56. The fourth-order valence-corrected chi connectivity index (χ4v) is 4.08. The highest BCUT2D eigenvalue weighted by Gasteiger charge is 2.28. The maximum absolute atomic E-state index is 13.3. The Balaban J connectivity index is 1.84. The lowest BCUT2D eigenvalue weighted by atomic mass is 10.0. The molecular formula is C26H36N4O6. The van der Waals surface area contributed by atoms with Gasteiger partial charge in [-0.1, -0.05) is 19.9 Å². The number of benzene rings is 1. The monoisotopic (exact) mass is 500 g/mol. The van der Waals surface area contributed by atoms with Crippen molar-refractivity contribution in [1.29, 1.82) is 0 Å². The molecule has 10 heteroatoms. The molecule has 2 N–H and O–H groups in total. The third-order valence-corrected chi connectivity index (χ3v) is 6.01. The highest BCUT2D eigenvalue weighted by Crippen LogP contribution is 2.40. The summed E-state index contributed by atoms with van der Waals surface area (Å²) in [5.41, 5.74) is 1.72. The molecule has 1 heterocycles. The fraction of sp³-hybridized carbons (Fsp3) is 0.538. The molecule has 3 rings (SSSR count). The number of hydrogen-bond donors (Lipinski definition) is 2. The Kier molecular flexibility index (Phi) is 9.32. The molecule has 10 nitrogen and oxygen atoms in total. The van der Waals surface area contributed by atoms with Gasteiger partial charge in [0.05, 0.1) is 32.6 Å². The van der Waals surface area contributed by atoms with Crippen LogP contribution in [0.2, 0.25) is 0 Å². The van der Waals surface area contributed by atoms with Crippen LogP contribution in [0.4, 0.5) is 0 Å². The lowest BCUT2D eigenvalue weighted by Crippen LogP contribution is -2.41. The lowest BCUT2D eigenvalue weighted by molar-refractivity contribution is -0.141. The highest BCUT2D eigenvalue weighted by molar-refractivity contribution is 5.94. The van der Waals surface area contributed by atoms with E-state index in [2.05, 4.69) is 20.5 Å². The van der Waals surface area contributed by atoms with Crippen molar-refractivity contribution in [1.82, 2.24) is 20.4 Å².